The van der Waals surface area contributed by atoms with Gasteiger partial charge in [0.15, 0.2) is 5.17 Å². The van der Waals surface area contributed by atoms with Crippen LogP contribution >= 0.6 is 11.8 Å². The Morgan fingerprint density at radius 1 is 1.30 bits per heavy atom. The highest BCUT2D eigenvalue weighted by atomic mass is 32.2. The molecule has 0 bridgehead atoms. The molecule has 1 aromatic carbocycles. The molecule has 1 N–H and O–H groups in total. The number of amidine groups is 1. The van der Waals surface area contributed by atoms with Gasteiger partial charge in [0, 0.05) is 0 Å². The second-order valence-electron chi connectivity index (χ2n) is 5.67. The van der Waals surface area contributed by atoms with E-state index in [1.54, 1.807) is 12.0 Å². The van der Waals surface area contributed by atoms with Crippen molar-refractivity contribution in [1.29, 1.82) is 0 Å². The van der Waals surface area contributed by atoms with Crippen molar-refractivity contribution < 1.29 is 14.4 Å². The van der Waals surface area contributed by atoms with Gasteiger partial charge >= 0.3 is 0 Å². The van der Waals surface area contributed by atoms with Gasteiger partial charge in [-0.05, 0) is 42.5 Å². The topological polar surface area (TPSA) is 46.3 Å². The minimum atomic E-state index is -0.133. The highest BCUT2D eigenvalue weighted by molar-refractivity contribution is 8.18. The smallest absolute Gasteiger partial charge is 0.286 e. The lowest BCUT2D eigenvalue weighted by Gasteiger charge is -2.32. The number of methoxy groups -OCH3 is 1. The number of thioether (sulfide) groups is 1. The molecule has 2 aliphatic rings. The molecule has 0 aromatic heterocycles. The summed E-state index contributed by atoms with van der Waals surface area (Å²) >= 11 is 1.49. The van der Waals surface area contributed by atoms with Crippen LogP contribution in [0.15, 0.2) is 34.2 Å². The van der Waals surface area contributed by atoms with Crippen LogP contribution < -0.4 is 9.64 Å². The summed E-state index contributed by atoms with van der Waals surface area (Å²) in [5, 5.41) is 0.852. The van der Waals surface area contributed by atoms with E-state index in [9.17, 15) is 4.79 Å². The Hall–Kier alpha value is -1.79. The third-order valence-corrected chi connectivity index (χ3v) is 5.31. The molecule has 6 heteroatoms. The van der Waals surface area contributed by atoms with Crippen molar-refractivity contribution in [1.82, 2.24) is 4.90 Å². The molecule has 23 heavy (non-hydrogen) atoms. The average Bonchev–Trinajstić information content (AvgIpc) is 2.96. The molecular formula is C17H22N3O2S+. The Morgan fingerprint density at radius 2 is 2.00 bits per heavy atom. The van der Waals surface area contributed by atoms with E-state index in [4.69, 9.17) is 4.74 Å². The maximum absolute atomic E-state index is 12.1. The number of carbonyl (C=O) groups excluding carboxylic acids is 1. The lowest BCUT2D eigenvalue weighted by Crippen LogP contribution is -3.14. The highest BCUT2D eigenvalue weighted by Gasteiger charge is 2.29. The SMILES string of the molecule is CC[NH+]1CCN(C2=NC(=O)/C(=C/c3ccc(OC)cc3)S2)CC1. The quantitative estimate of drug-likeness (QED) is 0.835. The Bertz CT molecular complexity index is 632. The van der Waals surface area contributed by atoms with Gasteiger partial charge in [0.25, 0.3) is 5.91 Å². The standard InChI is InChI=1S/C17H21N3O2S/c1-3-19-8-10-20(11-9-19)17-18-16(21)15(23-17)12-13-4-6-14(22-2)7-5-13/h4-7,12H,3,8-11H2,1-2H3/p+1/b15-12-. The highest BCUT2D eigenvalue weighted by Crippen LogP contribution is 2.30. The van der Waals surface area contributed by atoms with Crippen LogP contribution in [-0.4, -0.2) is 55.8 Å². The number of quaternary nitrogens is 1. The predicted octanol–water partition coefficient (Wildman–Crippen LogP) is 0.886. The fourth-order valence-electron chi connectivity index (χ4n) is 2.75. The summed E-state index contributed by atoms with van der Waals surface area (Å²) in [7, 11) is 1.64. The average molecular weight is 332 g/mol. The summed E-state index contributed by atoms with van der Waals surface area (Å²) in [6.45, 7) is 7.54. The van der Waals surface area contributed by atoms with Crippen LogP contribution in [0.5, 0.6) is 5.75 Å². The number of benzene rings is 1. The van der Waals surface area contributed by atoms with Crippen LogP contribution in [0.2, 0.25) is 0 Å². The number of amides is 1. The minimum Gasteiger partial charge on any atom is -0.497 e. The lowest BCUT2D eigenvalue weighted by molar-refractivity contribution is -0.902. The second-order valence-corrected chi connectivity index (χ2v) is 6.68. The number of ether oxygens (including phenoxy) is 1. The number of hydrogen-bond donors (Lipinski definition) is 1. The summed E-state index contributed by atoms with van der Waals surface area (Å²) in [6.07, 6.45) is 1.90. The van der Waals surface area contributed by atoms with E-state index in [0.717, 1.165) is 49.2 Å². The van der Waals surface area contributed by atoms with Gasteiger partial charge in [-0.1, -0.05) is 12.1 Å². The Morgan fingerprint density at radius 3 is 2.61 bits per heavy atom. The minimum absolute atomic E-state index is 0.133. The van der Waals surface area contributed by atoms with Crippen molar-refractivity contribution in [3.63, 3.8) is 0 Å². The van der Waals surface area contributed by atoms with Crippen LogP contribution in [0.25, 0.3) is 6.08 Å². The van der Waals surface area contributed by atoms with E-state index in [2.05, 4.69) is 16.8 Å². The van der Waals surface area contributed by atoms with Gasteiger partial charge in [-0.2, -0.15) is 4.99 Å². The zero-order chi connectivity index (χ0) is 16.2. The zero-order valence-electron chi connectivity index (χ0n) is 13.5. The van der Waals surface area contributed by atoms with Gasteiger partial charge < -0.3 is 14.5 Å². The van der Waals surface area contributed by atoms with Gasteiger partial charge in [-0.3, -0.25) is 4.79 Å². The molecule has 2 heterocycles. The van der Waals surface area contributed by atoms with Crippen LogP contribution in [0, 0.1) is 0 Å². The molecule has 122 valence electrons. The first kappa shape index (κ1) is 16.1. The first-order chi connectivity index (χ1) is 11.2. The molecule has 1 amide bonds. The molecular weight excluding hydrogens is 310 g/mol. The second kappa shape index (κ2) is 7.19. The number of carbonyl (C=O) groups is 1. The molecule has 0 atom stereocenters. The van der Waals surface area contributed by atoms with Gasteiger partial charge in [-0.15, -0.1) is 0 Å². The fraction of sp³-hybridized carbons (Fsp3) is 0.412. The first-order valence-electron chi connectivity index (χ1n) is 7.94. The van der Waals surface area contributed by atoms with E-state index in [1.165, 1.54) is 11.8 Å². The first-order valence-corrected chi connectivity index (χ1v) is 8.76. The van der Waals surface area contributed by atoms with Crippen molar-refractivity contribution >= 4 is 28.9 Å². The molecule has 1 aromatic rings. The molecule has 1 fully saturated rings. The predicted molar refractivity (Wildman–Crippen MR) is 93.8 cm³/mol. The largest absolute Gasteiger partial charge is 0.497 e. The zero-order valence-corrected chi connectivity index (χ0v) is 14.4. The van der Waals surface area contributed by atoms with Gasteiger partial charge in [0.2, 0.25) is 0 Å². The van der Waals surface area contributed by atoms with E-state index < -0.39 is 0 Å². The molecule has 1 saturated heterocycles. The van der Waals surface area contributed by atoms with Crippen molar-refractivity contribution in [3.05, 3.63) is 34.7 Å². The maximum Gasteiger partial charge on any atom is 0.286 e. The molecule has 0 radical (unpaired) electrons. The molecule has 0 spiro atoms. The van der Waals surface area contributed by atoms with Gasteiger partial charge in [0.1, 0.15) is 5.75 Å². The number of nitrogens with zero attached hydrogens (tertiary/aromatic N) is 2. The Labute approximate surface area is 141 Å². The Balaban J connectivity index is 1.66. The van der Waals surface area contributed by atoms with Crippen LogP contribution in [-0.2, 0) is 4.79 Å². The normalized spacial score (nSPS) is 21.0. The van der Waals surface area contributed by atoms with Crippen molar-refractivity contribution in [2.24, 2.45) is 4.99 Å². The molecule has 3 rings (SSSR count). The molecule has 0 saturated carbocycles. The molecule has 5 nitrogen and oxygen atoms in total. The van der Waals surface area contributed by atoms with Crippen LogP contribution in [0.3, 0.4) is 0 Å². The summed E-state index contributed by atoms with van der Waals surface area (Å²) in [4.78, 5) is 20.9. The number of rotatable bonds is 3. The van der Waals surface area contributed by atoms with E-state index in [-0.39, 0.29) is 5.91 Å². The fourth-order valence-corrected chi connectivity index (χ4v) is 3.72. The van der Waals surface area contributed by atoms with Crippen LogP contribution in [0.1, 0.15) is 12.5 Å². The number of nitrogens with one attached hydrogen (secondary N) is 1. The van der Waals surface area contributed by atoms with Crippen molar-refractivity contribution in [2.75, 3.05) is 39.8 Å². The number of aliphatic imine (C=N–C) groups is 1. The van der Waals surface area contributed by atoms with Crippen LogP contribution in [0.4, 0.5) is 0 Å². The van der Waals surface area contributed by atoms with E-state index in [0.29, 0.717) is 4.91 Å². The van der Waals surface area contributed by atoms with Crippen molar-refractivity contribution in [2.45, 2.75) is 6.92 Å². The third kappa shape index (κ3) is 3.76. The monoisotopic (exact) mass is 332 g/mol. The third-order valence-electron chi connectivity index (χ3n) is 4.26. The lowest BCUT2D eigenvalue weighted by atomic mass is 10.2. The number of hydrogen-bond acceptors (Lipinski definition) is 4. The van der Waals surface area contributed by atoms with Crippen molar-refractivity contribution in [3.8, 4) is 5.75 Å². The number of piperazine rings is 1. The summed E-state index contributed by atoms with van der Waals surface area (Å²) in [5.74, 6) is 0.678. The summed E-state index contributed by atoms with van der Waals surface area (Å²) < 4.78 is 5.15. The number of likely N-dealkylation sites (N-methyl/N-ethyl adjacent to an activating group) is 1. The van der Waals surface area contributed by atoms with E-state index >= 15 is 0 Å². The van der Waals surface area contributed by atoms with E-state index in [1.807, 2.05) is 30.3 Å². The molecule has 2 aliphatic heterocycles. The molecule has 0 aliphatic carbocycles. The summed E-state index contributed by atoms with van der Waals surface area (Å²) in [6, 6.07) is 7.68. The maximum atomic E-state index is 12.1. The Kier molecular flexibility index (Phi) is 5.03. The van der Waals surface area contributed by atoms with Gasteiger partial charge in [-0.25, -0.2) is 0 Å². The van der Waals surface area contributed by atoms with Gasteiger partial charge in [0.05, 0.1) is 44.7 Å². The summed E-state index contributed by atoms with van der Waals surface area (Å²) in [5.41, 5.74) is 0.985. The molecule has 0 unspecified atom stereocenters.